The first-order chi connectivity index (χ1) is 27.3. The van der Waals surface area contributed by atoms with Gasteiger partial charge in [0.15, 0.2) is 0 Å². The maximum absolute atomic E-state index is 4.96. The van der Waals surface area contributed by atoms with Crippen LogP contribution < -0.4 is 0 Å². The Morgan fingerprint density at radius 3 is 1.55 bits per heavy atom. The Balaban J connectivity index is 1.19. The molecule has 0 fully saturated rings. The van der Waals surface area contributed by atoms with Crippen molar-refractivity contribution in [2.45, 2.75) is 0 Å². The molecule has 2 aromatic heterocycles. The van der Waals surface area contributed by atoms with E-state index in [2.05, 4.69) is 187 Å². The van der Waals surface area contributed by atoms with Gasteiger partial charge in [-0.05, 0) is 117 Å². The topological polar surface area (TPSA) is 17.3 Å². The van der Waals surface area contributed by atoms with Crippen LogP contribution in [-0.4, -0.2) is 9.38 Å². The summed E-state index contributed by atoms with van der Waals surface area (Å²) in [6.45, 7) is 0. The van der Waals surface area contributed by atoms with Gasteiger partial charge in [-0.2, -0.15) is 0 Å². The summed E-state index contributed by atoms with van der Waals surface area (Å²) >= 11 is 0. The minimum atomic E-state index is 0.947. The van der Waals surface area contributed by atoms with E-state index in [9.17, 15) is 0 Å². The molecule has 0 bridgehead atoms. The minimum Gasteiger partial charge on any atom is -0.306 e. The Labute approximate surface area is 318 Å². The molecule has 12 rings (SSSR count). The molecule has 0 spiro atoms. The van der Waals surface area contributed by atoms with Crippen molar-refractivity contribution >= 4 is 48.7 Å². The van der Waals surface area contributed by atoms with Gasteiger partial charge in [0, 0.05) is 18.0 Å². The normalized spacial score (nSPS) is 12.0. The van der Waals surface area contributed by atoms with Crippen molar-refractivity contribution < 1.29 is 0 Å². The molecule has 55 heavy (non-hydrogen) atoms. The fourth-order valence-corrected chi connectivity index (χ4v) is 9.42. The van der Waals surface area contributed by atoms with E-state index >= 15 is 0 Å². The molecule has 0 aliphatic heterocycles. The van der Waals surface area contributed by atoms with Crippen LogP contribution in [0.3, 0.4) is 0 Å². The summed E-state index contributed by atoms with van der Waals surface area (Å²) in [6, 6.07) is 66.9. The molecule has 0 atom stereocenters. The second-order valence-electron chi connectivity index (χ2n) is 14.7. The van der Waals surface area contributed by atoms with E-state index in [4.69, 9.17) is 4.98 Å². The van der Waals surface area contributed by atoms with Crippen LogP contribution in [0, 0.1) is 0 Å². The van der Waals surface area contributed by atoms with Crippen molar-refractivity contribution in [2.24, 2.45) is 0 Å². The van der Waals surface area contributed by atoms with Gasteiger partial charge in [0.05, 0.1) is 5.69 Å². The van der Waals surface area contributed by atoms with Crippen LogP contribution in [0.2, 0.25) is 0 Å². The zero-order valence-corrected chi connectivity index (χ0v) is 29.9. The van der Waals surface area contributed by atoms with E-state index in [0.29, 0.717) is 0 Å². The van der Waals surface area contributed by atoms with Gasteiger partial charge < -0.3 is 4.40 Å². The molecule has 2 heteroatoms. The number of nitrogens with zero attached hydrogens (tertiary/aromatic N) is 2. The van der Waals surface area contributed by atoms with Crippen molar-refractivity contribution in [1.29, 1.82) is 0 Å². The second kappa shape index (κ2) is 11.6. The lowest BCUT2D eigenvalue weighted by atomic mass is 9.81. The van der Waals surface area contributed by atoms with Gasteiger partial charge in [-0.1, -0.05) is 164 Å². The largest absolute Gasteiger partial charge is 0.306 e. The summed E-state index contributed by atoms with van der Waals surface area (Å²) < 4.78 is 2.09. The lowest BCUT2D eigenvalue weighted by molar-refractivity contribution is 1.19. The number of hydrogen-bond donors (Lipinski definition) is 0. The first-order valence-electron chi connectivity index (χ1n) is 19.0. The molecule has 0 N–H and O–H groups in total. The molecule has 0 amide bonds. The van der Waals surface area contributed by atoms with Crippen molar-refractivity contribution in [3.8, 4) is 66.9 Å². The van der Waals surface area contributed by atoms with E-state index in [1.807, 2.05) is 12.1 Å². The van der Waals surface area contributed by atoms with Crippen LogP contribution in [0.4, 0.5) is 0 Å². The predicted octanol–water partition coefficient (Wildman–Crippen LogP) is 14.3. The summed E-state index contributed by atoms with van der Waals surface area (Å²) in [5.41, 5.74) is 15.8. The first kappa shape index (κ1) is 30.2. The average molecular weight is 697 g/mol. The van der Waals surface area contributed by atoms with Crippen LogP contribution in [0.25, 0.3) is 116 Å². The van der Waals surface area contributed by atoms with Gasteiger partial charge in [0.2, 0.25) is 0 Å². The quantitative estimate of drug-likeness (QED) is 0.179. The molecule has 2 heterocycles. The smallest absolute Gasteiger partial charge is 0.137 e. The van der Waals surface area contributed by atoms with E-state index < -0.39 is 0 Å². The highest BCUT2D eigenvalue weighted by Crippen LogP contribution is 2.59. The van der Waals surface area contributed by atoms with Crippen molar-refractivity contribution in [2.75, 3.05) is 0 Å². The van der Waals surface area contributed by atoms with Gasteiger partial charge in [-0.3, -0.25) is 0 Å². The maximum Gasteiger partial charge on any atom is 0.137 e. The van der Waals surface area contributed by atoms with Gasteiger partial charge in [0.25, 0.3) is 0 Å². The number of fused-ring (bicyclic) bond motifs is 7. The van der Waals surface area contributed by atoms with Crippen LogP contribution in [0.15, 0.2) is 194 Å². The van der Waals surface area contributed by atoms with Gasteiger partial charge in [0.1, 0.15) is 5.65 Å². The molecule has 254 valence electrons. The predicted molar refractivity (Wildman–Crippen MR) is 231 cm³/mol. The Bertz CT molecular complexity index is 3210. The molecule has 2 nitrogen and oxygen atoms in total. The molecule has 0 unspecified atom stereocenters. The van der Waals surface area contributed by atoms with Crippen molar-refractivity contribution in [1.82, 2.24) is 9.38 Å². The van der Waals surface area contributed by atoms with Gasteiger partial charge in [-0.15, -0.1) is 0 Å². The van der Waals surface area contributed by atoms with Gasteiger partial charge in [-0.25, -0.2) is 4.98 Å². The molecule has 0 saturated heterocycles. The zero-order valence-electron chi connectivity index (χ0n) is 29.9. The summed E-state index contributed by atoms with van der Waals surface area (Å²) in [6.07, 6.45) is 4.17. The molecular weight excluding hydrogens is 665 g/mol. The highest BCUT2D eigenvalue weighted by Gasteiger charge is 2.32. The fourth-order valence-electron chi connectivity index (χ4n) is 9.42. The minimum absolute atomic E-state index is 0.947. The van der Waals surface area contributed by atoms with Crippen LogP contribution in [0.5, 0.6) is 0 Å². The molecule has 0 radical (unpaired) electrons. The van der Waals surface area contributed by atoms with Crippen LogP contribution in [-0.2, 0) is 0 Å². The Kier molecular flexibility index (Phi) is 6.37. The molecule has 1 aliphatic carbocycles. The van der Waals surface area contributed by atoms with E-state index in [0.717, 1.165) is 16.9 Å². The maximum atomic E-state index is 4.96. The summed E-state index contributed by atoms with van der Waals surface area (Å²) in [5.74, 6) is 0. The highest BCUT2D eigenvalue weighted by atomic mass is 15.0. The van der Waals surface area contributed by atoms with E-state index in [-0.39, 0.29) is 0 Å². The average Bonchev–Trinajstić information content (AvgIpc) is 3.84. The lowest BCUT2D eigenvalue weighted by Gasteiger charge is -2.22. The number of hydrogen-bond acceptors (Lipinski definition) is 1. The number of pyridine rings is 1. The van der Waals surface area contributed by atoms with Crippen LogP contribution >= 0.6 is 0 Å². The van der Waals surface area contributed by atoms with Gasteiger partial charge >= 0.3 is 0 Å². The second-order valence-corrected chi connectivity index (χ2v) is 14.7. The third-order valence-corrected chi connectivity index (χ3v) is 11.7. The van der Waals surface area contributed by atoms with Crippen LogP contribution in [0.1, 0.15) is 0 Å². The standard InChI is InChI=1S/C53H32N2/c1-3-19-37-33(13-1)15-10-23-41(37)50-43-21-5-6-22-44(43)51(42-24-11-16-34-14-2-4-20-38(34)42)53-46-29-28-39(40-25-12-26-45(49(40)46)52(50)53)35-17-9-18-36(31-35)47-32-55-30-8-7-27-48(55)54-47/h1-32H. The summed E-state index contributed by atoms with van der Waals surface area (Å²) in [5, 5.41) is 10.1. The third-order valence-electron chi connectivity index (χ3n) is 11.7. The number of rotatable bonds is 4. The third kappa shape index (κ3) is 4.40. The molecule has 9 aromatic carbocycles. The number of benzene rings is 9. The summed E-state index contributed by atoms with van der Waals surface area (Å²) in [4.78, 5) is 4.96. The molecule has 1 aliphatic rings. The Morgan fingerprint density at radius 1 is 0.345 bits per heavy atom. The molecule has 11 aromatic rings. The van der Waals surface area contributed by atoms with Crippen molar-refractivity contribution in [3.05, 3.63) is 194 Å². The monoisotopic (exact) mass is 696 g/mol. The summed E-state index contributed by atoms with van der Waals surface area (Å²) in [7, 11) is 0. The first-order valence-corrected chi connectivity index (χ1v) is 19.0. The number of aromatic nitrogens is 2. The Morgan fingerprint density at radius 2 is 0.855 bits per heavy atom. The highest BCUT2D eigenvalue weighted by molar-refractivity contribution is 6.30. The Hall–Kier alpha value is -7.29. The fraction of sp³-hybridized carbons (Fsp3) is 0. The molecule has 0 saturated carbocycles. The lowest BCUT2D eigenvalue weighted by Crippen LogP contribution is -1.94. The number of imidazole rings is 1. The SMILES string of the molecule is c1cc(-c2cn3ccccc3n2)cc(-c2ccc3c4c(cccc24)-c2c-3c(-c3cccc4ccccc34)c3ccccc3c2-c2cccc3ccccc23)c1. The van der Waals surface area contributed by atoms with E-state index in [1.165, 1.54) is 98.7 Å². The molecular formula is C53H32N2. The zero-order chi connectivity index (χ0) is 36.0. The van der Waals surface area contributed by atoms with E-state index in [1.54, 1.807) is 0 Å². The van der Waals surface area contributed by atoms with Crippen molar-refractivity contribution in [3.63, 3.8) is 0 Å².